The lowest BCUT2D eigenvalue weighted by atomic mass is 10.2. The molecule has 1 aromatic heterocycles. The van der Waals surface area contributed by atoms with Gasteiger partial charge in [0.05, 0.1) is 5.02 Å². The SMILES string of the molecule is CC(C)(C)OC(=O)NCCNC(=S)Nc1ccc(Cl)cn1. The van der Waals surface area contributed by atoms with Crippen molar-refractivity contribution in [2.24, 2.45) is 0 Å². The van der Waals surface area contributed by atoms with Crippen LogP contribution in [-0.4, -0.2) is 34.9 Å². The fraction of sp³-hybridized carbons (Fsp3) is 0.462. The lowest BCUT2D eigenvalue weighted by Gasteiger charge is -2.19. The number of carbonyl (C=O) groups is 1. The number of pyridine rings is 1. The number of halogens is 1. The van der Waals surface area contributed by atoms with Crippen LogP contribution >= 0.6 is 23.8 Å². The summed E-state index contributed by atoms with van der Waals surface area (Å²) in [6.45, 7) is 6.29. The van der Waals surface area contributed by atoms with Crippen molar-refractivity contribution >= 4 is 40.8 Å². The van der Waals surface area contributed by atoms with Gasteiger partial charge in [0.1, 0.15) is 11.4 Å². The van der Waals surface area contributed by atoms with E-state index < -0.39 is 11.7 Å². The van der Waals surface area contributed by atoms with E-state index in [9.17, 15) is 4.79 Å². The molecule has 0 spiro atoms. The molecule has 0 bridgehead atoms. The average Bonchev–Trinajstić information content (AvgIpc) is 2.35. The highest BCUT2D eigenvalue weighted by molar-refractivity contribution is 7.80. The first-order valence-electron chi connectivity index (χ1n) is 6.39. The number of ether oxygens (including phenoxy) is 1. The summed E-state index contributed by atoms with van der Waals surface area (Å²) in [6, 6.07) is 3.43. The number of rotatable bonds is 4. The maximum absolute atomic E-state index is 11.4. The van der Waals surface area contributed by atoms with Gasteiger partial charge < -0.3 is 20.7 Å². The van der Waals surface area contributed by atoms with Crippen molar-refractivity contribution in [3.63, 3.8) is 0 Å². The Morgan fingerprint density at radius 1 is 1.33 bits per heavy atom. The molecule has 1 heterocycles. The minimum absolute atomic E-state index is 0.394. The molecule has 3 N–H and O–H groups in total. The van der Waals surface area contributed by atoms with Gasteiger partial charge in [-0.05, 0) is 45.1 Å². The van der Waals surface area contributed by atoms with Crippen LogP contribution in [0.5, 0.6) is 0 Å². The molecule has 0 aliphatic rings. The Morgan fingerprint density at radius 3 is 2.57 bits per heavy atom. The monoisotopic (exact) mass is 330 g/mol. The molecule has 0 atom stereocenters. The van der Waals surface area contributed by atoms with Gasteiger partial charge in [-0.1, -0.05) is 11.6 Å². The van der Waals surface area contributed by atoms with E-state index in [1.54, 1.807) is 12.1 Å². The van der Waals surface area contributed by atoms with Crippen molar-refractivity contribution < 1.29 is 9.53 Å². The molecule has 1 aromatic rings. The topological polar surface area (TPSA) is 75.3 Å². The van der Waals surface area contributed by atoms with Crippen LogP contribution in [0, 0.1) is 0 Å². The van der Waals surface area contributed by atoms with Gasteiger partial charge in [0, 0.05) is 19.3 Å². The molecule has 1 amide bonds. The van der Waals surface area contributed by atoms with Crippen molar-refractivity contribution in [3.05, 3.63) is 23.4 Å². The first kappa shape index (κ1) is 17.5. The molecule has 0 unspecified atom stereocenters. The van der Waals surface area contributed by atoms with E-state index in [0.717, 1.165) is 0 Å². The third-order valence-corrected chi connectivity index (χ3v) is 2.52. The van der Waals surface area contributed by atoms with Crippen molar-refractivity contribution in [2.75, 3.05) is 18.4 Å². The Labute approximate surface area is 134 Å². The molecule has 8 heteroatoms. The largest absolute Gasteiger partial charge is 0.444 e. The van der Waals surface area contributed by atoms with E-state index in [2.05, 4.69) is 20.9 Å². The van der Waals surface area contributed by atoms with E-state index in [1.165, 1.54) is 6.20 Å². The fourth-order valence-electron chi connectivity index (χ4n) is 1.27. The summed E-state index contributed by atoms with van der Waals surface area (Å²) in [5.41, 5.74) is -0.505. The van der Waals surface area contributed by atoms with Gasteiger partial charge in [0.25, 0.3) is 0 Å². The van der Waals surface area contributed by atoms with Crippen LogP contribution in [0.1, 0.15) is 20.8 Å². The van der Waals surface area contributed by atoms with Gasteiger partial charge in [0.15, 0.2) is 5.11 Å². The molecule has 0 aliphatic heterocycles. The van der Waals surface area contributed by atoms with E-state index in [0.29, 0.717) is 29.0 Å². The molecule has 0 fully saturated rings. The first-order chi connectivity index (χ1) is 9.76. The average molecular weight is 331 g/mol. The summed E-state index contributed by atoms with van der Waals surface area (Å²) in [4.78, 5) is 15.4. The van der Waals surface area contributed by atoms with E-state index in [4.69, 9.17) is 28.6 Å². The number of hydrogen-bond donors (Lipinski definition) is 3. The second-order valence-corrected chi connectivity index (χ2v) is 6.02. The molecule has 0 saturated carbocycles. The van der Waals surface area contributed by atoms with Gasteiger partial charge in [0.2, 0.25) is 0 Å². The zero-order valence-corrected chi connectivity index (χ0v) is 13.8. The number of alkyl carbamates (subject to hydrolysis) is 1. The van der Waals surface area contributed by atoms with E-state index >= 15 is 0 Å². The number of nitrogens with zero attached hydrogens (tertiary/aromatic N) is 1. The Bertz CT molecular complexity index is 488. The van der Waals surface area contributed by atoms with Crippen LogP contribution in [0.15, 0.2) is 18.3 Å². The second kappa shape index (κ2) is 7.99. The first-order valence-corrected chi connectivity index (χ1v) is 7.18. The molecule has 0 radical (unpaired) electrons. The summed E-state index contributed by atoms with van der Waals surface area (Å²) in [5.74, 6) is 0.594. The smallest absolute Gasteiger partial charge is 0.407 e. The van der Waals surface area contributed by atoms with Gasteiger partial charge in [-0.25, -0.2) is 9.78 Å². The number of nitrogens with one attached hydrogen (secondary N) is 3. The lowest BCUT2D eigenvalue weighted by molar-refractivity contribution is 0.0529. The van der Waals surface area contributed by atoms with Crippen LogP contribution in [-0.2, 0) is 4.74 Å². The molecular weight excluding hydrogens is 312 g/mol. The number of thiocarbonyl (C=S) groups is 1. The van der Waals surface area contributed by atoms with Crippen LogP contribution in [0.3, 0.4) is 0 Å². The maximum Gasteiger partial charge on any atom is 0.407 e. The van der Waals surface area contributed by atoms with Crippen LogP contribution < -0.4 is 16.0 Å². The molecule has 6 nitrogen and oxygen atoms in total. The third kappa shape index (κ3) is 8.31. The summed E-state index contributed by atoms with van der Waals surface area (Å²) < 4.78 is 5.10. The summed E-state index contributed by atoms with van der Waals surface area (Å²) in [5, 5.41) is 9.43. The number of carbonyl (C=O) groups excluding carboxylic acids is 1. The summed E-state index contributed by atoms with van der Waals surface area (Å²) in [6.07, 6.45) is 1.07. The molecule has 21 heavy (non-hydrogen) atoms. The quantitative estimate of drug-likeness (QED) is 0.582. The zero-order valence-electron chi connectivity index (χ0n) is 12.2. The van der Waals surface area contributed by atoms with E-state index in [1.807, 2.05) is 20.8 Å². The number of aromatic nitrogens is 1. The Kier molecular flexibility index (Phi) is 6.64. The number of anilines is 1. The Morgan fingerprint density at radius 2 is 2.00 bits per heavy atom. The van der Waals surface area contributed by atoms with Crippen LogP contribution in [0.2, 0.25) is 5.02 Å². The fourth-order valence-corrected chi connectivity index (χ4v) is 1.58. The molecule has 116 valence electrons. The van der Waals surface area contributed by atoms with Gasteiger partial charge in [-0.2, -0.15) is 0 Å². The van der Waals surface area contributed by atoms with Crippen LogP contribution in [0.25, 0.3) is 0 Å². The minimum Gasteiger partial charge on any atom is -0.444 e. The molecule has 1 rings (SSSR count). The molecule has 0 saturated heterocycles. The number of hydrogen-bond acceptors (Lipinski definition) is 4. The van der Waals surface area contributed by atoms with Gasteiger partial charge >= 0.3 is 6.09 Å². The zero-order chi connectivity index (χ0) is 15.9. The van der Waals surface area contributed by atoms with Crippen LogP contribution in [0.4, 0.5) is 10.6 Å². The van der Waals surface area contributed by atoms with E-state index in [-0.39, 0.29) is 0 Å². The van der Waals surface area contributed by atoms with Crippen molar-refractivity contribution in [2.45, 2.75) is 26.4 Å². The summed E-state index contributed by atoms with van der Waals surface area (Å²) >= 11 is 10.8. The second-order valence-electron chi connectivity index (χ2n) is 5.17. The standard InChI is InChI=1S/C13H19ClN4O2S/c1-13(2,3)20-12(19)16-7-6-15-11(21)18-10-5-4-9(14)8-17-10/h4-5,8H,6-7H2,1-3H3,(H,16,19)(H2,15,17,18,21). The van der Waals surface area contributed by atoms with Crippen molar-refractivity contribution in [1.29, 1.82) is 0 Å². The maximum atomic E-state index is 11.4. The summed E-state index contributed by atoms with van der Waals surface area (Å²) in [7, 11) is 0. The number of amides is 1. The third-order valence-electron chi connectivity index (χ3n) is 2.05. The van der Waals surface area contributed by atoms with Crippen molar-refractivity contribution in [1.82, 2.24) is 15.6 Å². The van der Waals surface area contributed by atoms with Gasteiger partial charge in [-0.3, -0.25) is 0 Å². The predicted molar refractivity (Wildman–Crippen MR) is 87.7 cm³/mol. The lowest BCUT2D eigenvalue weighted by Crippen LogP contribution is -2.39. The highest BCUT2D eigenvalue weighted by Crippen LogP contribution is 2.09. The highest BCUT2D eigenvalue weighted by Gasteiger charge is 2.15. The highest BCUT2D eigenvalue weighted by atomic mass is 35.5. The molecular formula is C13H19ClN4O2S. The minimum atomic E-state index is -0.505. The van der Waals surface area contributed by atoms with Crippen molar-refractivity contribution in [3.8, 4) is 0 Å². The Balaban J connectivity index is 2.19. The van der Waals surface area contributed by atoms with Gasteiger partial charge in [-0.15, -0.1) is 0 Å². The molecule has 0 aliphatic carbocycles. The molecule has 0 aromatic carbocycles. The Hall–Kier alpha value is -1.60. The normalized spacial score (nSPS) is 10.7. The predicted octanol–water partition coefficient (Wildman–Crippen LogP) is 2.55.